The molecule has 0 bridgehead atoms. The van der Waals surface area contributed by atoms with Crippen LogP contribution in [0.4, 0.5) is 0 Å². The van der Waals surface area contributed by atoms with Crippen molar-refractivity contribution >= 4 is 11.7 Å². The normalized spacial score (nSPS) is 41.3. The van der Waals surface area contributed by atoms with Gasteiger partial charge in [-0.25, -0.2) is 4.58 Å². The van der Waals surface area contributed by atoms with Crippen molar-refractivity contribution in [2.75, 3.05) is 13.1 Å². The van der Waals surface area contributed by atoms with Gasteiger partial charge in [-0.15, -0.1) is 0 Å². The molecule has 7 unspecified atom stereocenters. The first-order valence-corrected chi connectivity index (χ1v) is 14.3. The SMILES string of the molecule is CC1(C)C2=C3C=C4C5=[N+](CCC4OC3CCN2C2CCC(CC(=O)O)CC21)C1CCCCC1C=C5. The van der Waals surface area contributed by atoms with Gasteiger partial charge < -0.3 is 14.7 Å². The first-order valence-electron chi connectivity index (χ1n) is 14.3. The van der Waals surface area contributed by atoms with Crippen LogP contribution in [0.1, 0.15) is 78.1 Å². The minimum Gasteiger partial charge on any atom is -0.481 e. The molecule has 7 atom stereocenters. The monoisotopic (exact) mass is 477 g/mol. The summed E-state index contributed by atoms with van der Waals surface area (Å²) < 4.78 is 9.63. The summed E-state index contributed by atoms with van der Waals surface area (Å²) >= 11 is 0. The van der Waals surface area contributed by atoms with Crippen LogP contribution in [-0.2, 0) is 9.53 Å². The van der Waals surface area contributed by atoms with Gasteiger partial charge >= 0.3 is 5.97 Å². The molecular weight excluding hydrogens is 436 g/mol. The number of nitrogens with zero attached hydrogens (tertiary/aromatic N) is 2. The lowest BCUT2D eigenvalue weighted by atomic mass is 9.66. The molecule has 5 nitrogen and oxygen atoms in total. The number of hydrogen-bond donors (Lipinski definition) is 1. The average Bonchev–Trinajstić information content (AvgIpc) is 3.08. The number of carboxylic acid groups (broad SMARTS) is 1. The number of allylic oxidation sites excluding steroid dienone is 2. The standard InChI is InChI=1S/C30H40N2O3/c1-30(2)22-15-18(16-28(33)34)7-9-25(22)32-14-12-27-21(29(30)32)17-20-24-10-8-19-5-3-4-6-23(19)31(24)13-11-26(20)35-27/h8,10,17-19,22-23,25-27H,3-7,9,11-16H2,1-2H3/p+1. The van der Waals surface area contributed by atoms with Crippen LogP contribution in [-0.4, -0.2) is 63.6 Å². The van der Waals surface area contributed by atoms with E-state index in [0.29, 0.717) is 30.3 Å². The van der Waals surface area contributed by atoms with Crippen LogP contribution in [0.3, 0.4) is 0 Å². The van der Waals surface area contributed by atoms with E-state index in [2.05, 4.69) is 41.6 Å². The summed E-state index contributed by atoms with van der Waals surface area (Å²) in [4.78, 5) is 14.2. The molecule has 5 heterocycles. The fraction of sp³-hybridized carbons (Fsp3) is 0.733. The van der Waals surface area contributed by atoms with Crippen LogP contribution in [0.5, 0.6) is 0 Å². The first kappa shape index (κ1) is 22.3. The van der Waals surface area contributed by atoms with E-state index in [1.807, 2.05) is 0 Å². The Labute approximate surface area is 209 Å². The van der Waals surface area contributed by atoms with Crippen LogP contribution in [0.15, 0.2) is 35.1 Å². The van der Waals surface area contributed by atoms with Gasteiger partial charge in [-0.05, 0) is 56.4 Å². The van der Waals surface area contributed by atoms with Crippen LogP contribution in [0.2, 0.25) is 0 Å². The fourth-order valence-electron chi connectivity index (χ4n) is 9.26. The smallest absolute Gasteiger partial charge is 0.303 e. The van der Waals surface area contributed by atoms with E-state index in [4.69, 9.17) is 4.74 Å². The maximum absolute atomic E-state index is 11.4. The number of carbonyl (C=O) groups is 1. The molecule has 0 aromatic carbocycles. The van der Waals surface area contributed by atoms with Crippen molar-refractivity contribution in [3.05, 3.63) is 35.1 Å². The third-order valence-corrected chi connectivity index (χ3v) is 10.8. The Kier molecular flexibility index (Phi) is 5.14. The van der Waals surface area contributed by atoms with Crippen molar-refractivity contribution in [2.24, 2.45) is 23.2 Å². The average molecular weight is 478 g/mol. The van der Waals surface area contributed by atoms with E-state index in [1.54, 1.807) is 0 Å². The summed E-state index contributed by atoms with van der Waals surface area (Å²) in [5.41, 5.74) is 5.86. The highest BCUT2D eigenvalue weighted by molar-refractivity contribution is 6.07. The summed E-state index contributed by atoms with van der Waals surface area (Å²) in [5, 5.41) is 9.42. The van der Waals surface area contributed by atoms with Crippen molar-refractivity contribution in [1.82, 2.24) is 4.90 Å². The highest BCUT2D eigenvalue weighted by atomic mass is 16.5. The first-order chi connectivity index (χ1) is 16.9. The van der Waals surface area contributed by atoms with E-state index >= 15 is 0 Å². The topological polar surface area (TPSA) is 52.8 Å². The Morgan fingerprint density at radius 1 is 1.14 bits per heavy atom. The van der Waals surface area contributed by atoms with E-state index in [-0.39, 0.29) is 17.6 Å². The van der Waals surface area contributed by atoms with Crippen molar-refractivity contribution in [1.29, 1.82) is 0 Å². The van der Waals surface area contributed by atoms with Gasteiger partial charge in [-0.1, -0.05) is 26.3 Å². The van der Waals surface area contributed by atoms with Crippen molar-refractivity contribution in [3.63, 3.8) is 0 Å². The van der Waals surface area contributed by atoms with Crippen molar-refractivity contribution in [2.45, 2.75) is 102 Å². The predicted molar refractivity (Wildman–Crippen MR) is 135 cm³/mol. The third-order valence-electron chi connectivity index (χ3n) is 10.8. The van der Waals surface area contributed by atoms with Crippen molar-refractivity contribution < 1.29 is 19.2 Å². The minimum atomic E-state index is -0.639. The quantitative estimate of drug-likeness (QED) is 0.574. The molecule has 5 aliphatic heterocycles. The summed E-state index contributed by atoms with van der Waals surface area (Å²) in [6.45, 7) is 7.07. The summed E-state index contributed by atoms with van der Waals surface area (Å²) in [5.74, 6) is 0.940. The molecule has 0 aromatic heterocycles. The summed E-state index contributed by atoms with van der Waals surface area (Å²) in [7, 11) is 0. The number of aliphatic carboxylic acids is 1. The van der Waals surface area contributed by atoms with Gasteiger partial charge in [0.15, 0.2) is 6.04 Å². The van der Waals surface area contributed by atoms with Gasteiger partial charge in [0.1, 0.15) is 6.54 Å². The van der Waals surface area contributed by atoms with Crippen LogP contribution < -0.4 is 0 Å². The molecule has 7 aliphatic rings. The highest BCUT2D eigenvalue weighted by Crippen LogP contribution is 2.58. The van der Waals surface area contributed by atoms with E-state index in [0.717, 1.165) is 51.1 Å². The second-order valence-corrected chi connectivity index (χ2v) is 12.9. The molecule has 0 amide bonds. The van der Waals surface area contributed by atoms with Crippen LogP contribution >= 0.6 is 0 Å². The maximum atomic E-state index is 11.4. The summed E-state index contributed by atoms with van der Waals surface area (Å²) in [6.07, 6.45) is 19.1. The maximum Gasteiger partial charge on any atom is 0.303 e. The highest BCUT2D eigenvalue weighted by Gasteiger charge is 2.56. The lowest BCUT2D eigenvalue weighted by molar-refractivity contribution is -0.580. The van der Waals surface area contributed by atoms with E-state index < -0.39 is 5.97 Å². The van der Waals surface area contributed by atoms with Gasteiger partial charge in [-0.2, -0.15) is 0 Å². The molecule has 3 fully saturated rings. The molecule has 1 saturated heterocycles. The number of carboxylic acids is 1. The molecule has 0 spiro atoms. The number of rotatable bonds is 2. The minimum absolute atomic E-state index is 0.0546. The number of fused-ring (bicyclic) bond motifs is 8. The largest absolute Gasteiger partial charge is 0.481 e. The lowest BCUT2D eigenvalue weighted by Crippen LogP contribution is -2.50. The van der Waals surface area contributed by atoms with E-state index in [1.165, 1.54) is 48.2 Å². The number of ether oxygens (including phenoxy) is 1. The second kappa shape index (κ2) is 8.06. The van der Waals surface area contributed by atoms with Gasteiger partial charge in [0.25, 0.3) is 0 Å². The second-order valence-electron chi connectivity index (χ2n) is 12.9. The van der Waals surface area contributed by atoms with Crippen molar-refractivity contribution in [3.8, 4) is 0 Å². The number of hydrogen-bond acceptors (Lipinski definition) is 3. The van der Waals surface area contributed by atoms with Crippen LogP contribution in [0.25, 0.3) is 0 Å². The van der Waals surface area contributed by atoms with Crippen LogP contribution in [0, 0.1) is 23.2 Å². The molecule has 0 aromatic rings. The molecule has 5 heteroatoms. The molecule has 188 valence electrons. The van der Waals surface area contributed by atoms with E-state index in [9.17, 15) is 9.90 Å². The van der Waals surface area contributed by atoms with Gasteiger partial charge in [0, 0.05) is 60.5 Å². The molecule has 2 aliphatic carbocycles. The molecule has 7 rings (SSSR count). The molecule has 1 N–H and O–H groups in total. The lowest BCUT2D eigenvalue weighted by Gasteiger charge is -2.44. The van der Waals surface area contributed by atoms with Gasteiger partial charge in [-0.3, -0.25) is 4.79 Å². The van der Waals surface area contributed by atoms with Gasteiger partial charge in [0.05, 0.1) is 17.8 Å². The zero-order valence-electron chi connectivity index (χ0n) is 21.4. The predicted octanol–water partition coefficient (Wildman–Crippen LogP) is 4.93. The zero-order chi connectivity index (χ0) is 23.9. The zero-order valence-corrected chi connectivity index (χ0v) is 21.4. The Morgan fingerprint density at radius 2 is 2.00 bits per heavy atom. The fourth-order valence-corrected chi connectivity index (χ4v) is 9.26. The molecular formula is C30H41N2O3+. The Hall–Kier alpha value is -1.88. The summed E-state index contributed by atoms with van der Waals surface area (Å²) in [6, 6.07) is 1.24. The third kappa shape index (κ3) is 3.36. The molecule has 0 radical (unpaired) electrons. The Bertz CT molecular complexity index is 1070. The van der Waals surface area contributed by atoms with Gasteiger partial charge in [0.2, 0.25) is 5.71 Å². The molecule has 35 heavy (non-hydrogen) atoms. The Balaban J connectivity index is 1.28. The Morgan fingerprint density at radius 3 is 2.86 bits per heavy atom. The molecule has 2 saturated carbocycles.